The number of amides is 1. The van der Waals surface area contributed by atoms with Crippen LogP contribution >= 0.6 is 0 Å². The van der Waals surface area contributed by atoms with Gasteiger partial charge in [-0.3, -0.25) is 4.79 Å². The molecule has 242 valence electrons. The van der Waals surface area contributed by atoms with Crippen LogP contribution in [0, 0.1) is 0 Å². The maximum absolute atomic E-state index is 12.6. The Labute approximate surface area is 270 Å². The topological polar surface area (TPSA) is 96.9 Å². The Morgan fingerprint density at radius 2 is 1.30 bits per heavy atom. The van der Waals surface area contributed by atoms with Crippen molar-refractivity contribution < 1.29 is 41.7 Å². The molecule has 1 heterocycles. The van der Waals surface area contributed by atoms with Crippen molar-refractivity contribution in [2.45, 2.75) is 115 Å². The summed E-state index contributed by atoms with van der Waals surface area (Å²) >= 11 is 0. The number of carbonyl (C=O) groups is 1. The lowest BCUT2D eigenvalue weighted by molar-refractivity contribution is -0.684. The number of pyridine rings is 1. The fourth-order valence-corrected chi connectivity index (χ4v) is 5.05. The van der Waals surface area contributed by atoms with Gasteiger partial charge in [-0.2, -0.15) is 4.57 Å². The van der Waals surface area contributed by atoms with Crippen molar-refractivity contribution in [3.8, 4) is 0 Å². The summed E-state index contributed by atoms with van der Waals surface area (Å²) in [5, 5.41) is 33.5. The quantitative estimate of drug-likeness (QED) is 0.115. The van der Waals surface area contributed by atoms with Crippen LogP contribution in [0.25, 0.3) is 12.2 Å². The van der Waals surface area contributed by atoms with Crippen molar-refractivity contribution in [1.29, 1.82) is 0 Å². The second-order valence-electron chi connectivity index (χ2n) is 11.7. The lowest BCUT2D eigenvalue weighted by Crippen LogP contribution is -3.00. The van der Waals surface area contributed by atoms with E-state index in [1.54, 1.807) is 4.57 Å². The van der Waals surface area contributed by atoms with E-state index < -0.39 is 24.9 Å². The Balaban J connectivity index is 0.00000924. The van der Waals surface area contributed by atoms with Crippen molar-refractivity contribution >= 4 is 23.7 Å². The van der Waals surface area contributed by atoms with E-state index in [0.29, 0.717) is 6.42 Å². The predicted molar refractivity (Wildman–Crippen MR) is 173 cm³/mol. The van der Waals surface area contributed by atoms with Gasteiger partial charge in [0.2, 0.25) is 6.54 Å². The number of hydrogen-bond donors (Lipinski definition) is 4. The molecule has 0 aliphatic rings. The summed E-state index contributed by atoms with van der Waals surface area (Å²) in [6.45, 7) is 1.86. The minimum atomic E-state index is -1.21. The Morgan fingerprint density at radius 1 is 0.814 bits per heavy atom. The van der Waals surface area contributed by atoms with E-state index in [0.717, 1.165) is 36.1 Å². The summed E-state index contributed by atoms with van der Waals surface area (Å²) in [6, 6.07) is 11.2. The van der Waals surface area contributed by atoms with Crippen LogP contribution < -0.4 is 31.8 Å². The normalized spacial score (nSPS) is 13.3. The highest BCUT2D eigenvalue weighted by atomic mass is 79.9. The van der Waals surface area contributed by atoms with Gasteiger partial charge in [0.25, 0.3) is 5.91 Å². The number of halogens is 1. The molecule has 0 unspecified atom stereocenters. The summed E-state index contributed by atoms with van der Waals surface area (Å²) in [4.78, 5) is 14.7. The lowest BCUT2D eigenvalue weighted by atomic mass is 9.99. The molecule has 0 aliphatic carbocycles. The van der Waals surface area contributed by atoms with Crippen molar-refractivity contribution in [1.82, 2.24) is 5.32 Å². The summed E-state index contributed by atoms with van der Waals surface area (Å²) in [5.74, 6) is -0.333. The molecule has 4 N–H and O–H groups in total. The number of rotatable bonds is 22. The SMILES string of the molecule is CCCCCCCCCCCCCC[C@@H](O)[C@H](O)[C@H](CO)NC(=O)C[n+]1ccc(/C=C/c2ccc(N(C)C)cc2)cc1.[Br-]. The van der Waals surface area contributed by atoms with Gasteiger partial charge in [0.05, 0.1) is 18.8 Å². The van der Waals surface area contributed by atoms with E-state index in [1.807, 2.05) is 50.8 Å². The molecule has 0 fully saturated rings. The van der Waals surface area contributed by atoms with E-state index in [1.165, 1.54) is 57.8 Å². The number of carbonyl (C=O) groups excluding carboxylic acids is 1. The highest BCUT2D eigenvalue weighted by Gasteiger charge is 2.27. The Bertz CT molecular complexity index is 1010. The number of aliphatic hydroxyl groups is 3. The van der Waals surface area contributed by atoms with Crippen molar-refractivity contribution in [3.05, 3.63) is 59.9 Å². The standard InChI is InChI=1S/C35H55N3O4.BrH/c1-4-5-6-7-8-9-10-11-12-13-14-15-16-33(40)35(42)32(28-39)36-34(41)27-38-25-23-30(24-26-38)18-17-29-19-21-31(22-20-29)37(2)3;/h17-26,32-33,35,39-40,42H,4-16,27-28H2,1-3H3;1H/t32-,33+,35+;/m0./s1. The molecule has 1 amide bonds. The highest BCUT2D eigenvalue weighted by Crippen LogP contribution is 2.16. The highest BCUT2D eigenvalue weighted by molar-refractivity contribution is 5.75. The Morgan fingerprint density at radius 3 is 1.79 bits per heavy atom. The average molecular weight is 663 g/mol. The maximum atomic E-state index is 12.6. The molecule has 3 atom stereocenters. The van der Waals surface area contributed by atoms with E-state index in [4.69, 9.17) is 0 Å². The zero-order chi connectivity index (χ0) is 30.6. The van der Waals surface area contributed by atoms with Crippen LogP contribution in [0.3, 0.4) is 0 Å². The first-order chi connectivity index (χ1) is 20.3. The minimum Gasteiger partial charge on any atom is -1.00 e. The molecular formula is C35H56BrN3O4. The van der Waals surface area contributed by atoms with Gasteiger partial charge in [-0.05, 0) is 29.7 Å². The Hall–Kier alpha value is -2.26. The van der Waals surface area contributed by atoms with Gasteiger partial charge in [0.15, 0.2) is 12.4 Å². The van der Waals surface area contributed by atoms with E-state index >= 15 is 0 Å². The van der Waals surface area contributed by atoms with Crippen molar-refractivity contribution in [2.75, 3.05) is 25.6 Å². The maximum Gasteiger partial charge on any atom is 0.286 e. The molecule has 0 saturated carbocycles. The average Bonchev–Trinajstić information content (AvgIpc) is 2.99. The molecule has 2 aromatic rings. The van der Waals surface area contributed by atoms with Crippen LogP contribution in [0.1, 0.15) is 102 Å². The molecule has 1 aromatic carbocycles. The fraction of sp³-hybridized carbons (Fsp3) is 0.600. The first-order valence-corrected chi connectivity index (χ1v) is 16.0. The first kappa shape index (κ1) is 38.8. The zero-order valence-electron chi connectivity index (χ0n) is 26.6. The molecule has 0 radical (unpaired) electrons. The third-order valence-corrected chi connectivity index (χ3v) is 7.82. The fourth-order valence-electron chi connectivity index (χ4n) is 5.05. The molecular weight excluding hydrogens is 606 g/mol. The van der Waals surface area contributed by atoms with E-state index in [-0.39, 0.29) is 29.4 Å². The van der Waals surface area contributed by atoms with Crippen molar-refractivity contribution in [2.24, 2.45) is 0 Å². The monoisotopic (exact) mass is 661 g/mol. The molecule has 2 rings (SSSR count). The zero-order valence-corrected chi connectivity index (χ0v) is 28.2. The van der Waals surface area contributed by atoms with E-state index in [9.17, 15) is 20.1 Å². The van der Waals surface area contributed by atoms with E-state index in [2.05, 4.69) is 41.4 Å². The van der Waals surface area contributed by atoms with Gasteiger partial charge in [-0.1, -0.05) is 108 Å². The summed E-state index contributed by atoms with van der Waals surface area (Å²) in [5.41, 5.74) is 3.26. The molecule has 0 aliphatic heterocycles. The van der Waals surface area contributed by atoms with Crippen LogP contribution in [0.2, 0.25) is 0 Å². The van der Waals surface area contributed by atoms with Gasteiger partial charge < -0.3 is 42.5 Å². The predicted octanol–water partition coefficient (Wildman–Crippen LogP) is 2.50. The molecule has 0 saturated heterocycles. The van der Waals surface area contributed by atoms with Gasteiger partial charge in [-0.15, -0.1) is 0 Å². The van der Waals surface area contributed by atoms with Crippen molar-refractivity contribution in [3.63, 3.8) is 0 Å². The summed E-state index contributed by atoms with van der Waals surface area (Å²) in [7, 11) is 4.03. The van der Waals surface area contributed by atoms with Crippen LogP contribution in [0.5, 0.6) is 0 Å². The summed E-state index contributed by atoms with van der Waals surface area (Å²) < 4.78 is 1.74. The smallest absolute Gasteiger partial charge is 0.286 e. The van der Waals surface area contributed by atoms with Gasteiger partial charge in [0.1, 0.15) is 6.10 Å². The third kappa shape index (κ3) is 16.4. The molecule has 8 heteroatoms. The second-order valence-corrected chi connectivity index (χ2v) is 11.7. The summed E-state index contributed by atoms with van der Waals surface area (Å²) in [6.07, 6.45) is 20.8. The molecule has 1 aromatic heterocycles. The molecule has 43 heavy (non-hydrogen) atoms. The number of nitrogens with zero attached hydrogens (tertiary/aromatic N) is 2. The Kier molecular flexibility index (Phi) is 20.9. The number of aliphatic hydroxyl groups excluding tert-OH is 3. The molecule has 0 spiro atoms. The van der Waals surface area contributed by atoms with Crippen LogP contribution in [-0.4, -0.2) is 60.2 Å². The van der Waals surface area contributed by atoms with Gasteiger partial charge in [0, 0.05) is 31.9 Å². The largest absolute Gasteiger partial charge is 1.00 e. The number of nitrogens with one attached hydrogen (secondary N) is 1. The molecule has 0 bridgehead atoms. The van der Waals surface area contributed by atoms with Crippen LogP contribution in [0.4, 0.5) is 5.69 Å². The van der Waals surface area contributed by atoms with Crippen LogP contribution in [-0.2, 0) is 11.3 Å². The lowest BCUT2D eigenvalue weighted by Gasteiger charge is -2.26. The number of anilines is 1. The number of hydrogen-bond acceptors (Lipinski definition) is 5. The minimum absolute atomic E-state index is 0. The third-order valence-electron chi connectivity index (χ3n) is 7.82. The van der Waals surface area contributed by atoms with Gasteiger partial charge >= 0.3 is 0 Å². The second kappa shape index (κ2) is 23.2. The van der Waals surface area contributed by atoms with Gasteiger partial charge in [-0.25, -0.2) is 0 Å². The number of aromatic nitrogens is 1. The van der Waals surface area contributed by atoms with Crippen LogP contribution in [0.15, 0.2) is 48.8 Å². The number of unbranched alkanes of at least 4 members (excludes halogenated alkanes) is 11. The number of benzene rings is 1. The molecule has 7 nitrogen and oxygen atoms in total. The first-order valence-electron chi connectivity index (χ1n) is 16.0.